The number of hydrogen-bond acceptors (Lipinski definition) is 6. The van der Waals surface area contributed by atoms with Crippen LogP contribution in [-0.4, -0.2) is 84.9 Å². The number of thiophene rings is 1. The van der Waals surface area contributed by atoms with E-state index in [1.165, 1.54) is 5.01 Å². The molecule has 1 saturated heterocycles. The number of urea groups is 1. The number of nitrogens with one attached hydrogen (secondary N) is 1. The molecule has 0 radical (unpaired) electrons. The minimum Gasteiger partial charge on any atom is -0.379 e. The third kappa shape index (κ3) is 6.61. The topological polar surface area (TPSA) is 77.5 Å². The number of nitrogens with zero attached hydrogens (tertiary/aromatic N) is 4. The van der Waals surface area contributed by atoms with Crippen LogP contribution in [0.25, 0.3) is 0 Å². The Morgan fingerprint density at radius 1 is 1.23 bits per heavy atom. The number of benzene rings is 1. The van der Waals surface area contributed by atoms with Gasteiger partial charge in [-0.1, -0.05) is 42.8 Å². The summed E-state index contributed by atoms with van der Waals surface area (Å²) >= 11 is 8.11. The van der Waals surface area contributed by atoms with Crippen LogP contribution in [0.4, 0.5) is 4.79 Å². The molecule has 3 amide bonds. The molecule has 1 N–H and O–H groups in total. The number of rotatable bonds is 9. The molecule has 3 heterocycles. The maximum atomic E-state index is 13.6. The lowest BCUT2D eigenvalue weighted by atomic mass is 10.0. The van der Waals surface area contributed by atoms with Crippen molar-refractivity contribution in [2.75, 3.05) is 52.5 Å². The lowest BCUT2D eigenvalue weighted by Crippen LogP contribution is -2.49. The smallest absolute Gasteiger partial charge is 0.317 e. The molecular weight excluding hydrogens is 486 g/mol. The van der Waals surface area contributed by atoms with Crippen molar-refractivity contribution >= 4 is 40.6 Å². The highest BCUT2D eigenvalue weighted by Gasteiger charge is 2.35. The zero-order chi connectivity index (χ0) is 24.6. The molecule has 188 valence electrons. The Kier molecular flexibility index (Phi) is 9.14. The first-order chi connectivity index (χ1) is 17.1. The van der Waals surface area contributed by atoms with E-state index in [-0.39, 0.29) is 24.5 Å². The van der Waals surface area contributed by atoms with Gasteiger partial charge >= 0.3 is 6.03 Å². The molecule has 2 aromatic rings. The molecule has 2 aliphatic rings. The molecule has 8 nitrogen and oxygen atoms in total. The second-order valence-electron chi connectivity index (χ2n) is 8.61. The predicted octanol–water partition coefficient (Wildman–Crippen LogP) is 3.83. The lowest BCUT2D eigenvalue weighted by molar-refractivity contribution is -0.133. The summed E-state index contributed by atoms with van der Waals surface area (Å²) in [5.74, 6) is -0.227. The van der Waals surface area contributed by atoms with Crippen molar-refractivity contribution in [3.8, 4) is 0 Å². The van der Waals surface area contributed by atoms with Gasteiger partial charge in [-0.3, -0.25) is 9.69 Å². The Labute approximate surface area is 215 Å². The Morgan fingerprint density at radius 3 is 2.74 bits per heavy atom. The van der Waals surface area contributed by atoms with E-state index >= 15 is 0 Å². The largest absolute Gasteiger partial charge is 0.379 e. The first-order valence-corrected chi connectivity index (χ1v) is 13.3. The molecule has 2 aliphatic heterocycles. The van der Waals surface area contributed by atoms with Crippen molar-refractivity contribution in [3.05, 3.63) is 57.2 Å². The van der Waals surface area contributed by atoms with Crippen molar-refractivity contribution in [2.24, 2.45) is 5.10 Å². The van der Waals surface area contributed by atoms with Gasteiger partial charge in [-0.15, -0.1) is 11.3 Å². The van der Waals surface area contributed by atoms with Gasteiger partial charge < -0.3 is 15.0 Å². The first kappa shape index (κ1) is 25.6. The number of carbonyl (C=O) groups excluding carboxylic acids is 2. The molecule has 1 aromatic carbocycles. The molecule has 0 aliphatic carbocycles. The summed E-state index contributed by atoms with van der Waals surface area (Å²) in [7, 11) is 0. The van der Waals surface area contributed by atoms with E-state index in [1.54, 1.807) is 16.2 Å². The molecule has 1 aromatic heterocycles. The molecule has 1 fully saturated rings. The minimum atomic E-state index is -0.312. The number of halogens is 1. The van der Waals surface area contributed by atoms with Crippen molar-refractivity contribution in [3.63, 3.8) is 0 Å². The molecule has 0 spiro atoms. The Bertz CT molecular complexity index is 1030. The normalized spacial score (nSPS) is 18.4. The van der Waals surface area contributed by atoms with Gasteiger partial charge in [0.1, 0.15) is 6.54 Å². The van der Waals surface area contributed by atoms with Crippen LogP contribution in [0.15, 0.2) is 46.9 Å². The van der Waals surface area contributed by atoms with E-state index in [2.05, 4.69) is 10.2 Å². The summed E-state index contributed by atoms with van der Waals surface area (Å²) in [5, 5.41) is 11.8. The SMILES string of the molecule is CCCNC(=O)N(CCN1CCOCC1)CC(=O)N1N=C(c2cccs2)CC1c1ccccc1Cl. The molecule has 1 atom stereocenters. The maximum Gasteiger partial charge on any atom is 0.317 e. The highest BCUT2D eigenvalue weighted by Crippen LogP contribution is 2.37. The van der Waals surface area contributed by atoms with Gasteiger partial charge in [0.15, 0.2) is 0 Å². The Morgan fingerprint density at radius 2 is 2.03 bits per heavy atom. The van der Waals surface area contributed by atoms with E-state index in [9.17, 15) is 9.59 Å². The van der Waals surface area contributed by atoms with Gasteiger partial charge in [0.2, 0.25) is 0 Å². The van der Waals surface area contributed by atoms with E-state index < -0.39 is 0 Å². The first-order valence-electron chi connectivity index (χ1n) is 12.1. The molecule has 0 bridgehead atoms. The van der Waals surface area contributed by atoms with Gasteiger partial charge in [-0.2, -0.15) is 5.10 Å². The molecule has 35 heavy (non-hydrogen) atoms. The van der Waals surface area contributed by atoms with Crippen LogP contribution < -0.4 is 5.32 Å². The van der Waals surface area contributed by atoms with E-state index in [0.717, 1.165) is 35.7 Å². The summed E-state index contributed by atoms with van der Waals surface area (Å²) in [4.78, 5) is 31.4. The number of amides is 3. The van der Waals surface area contributed by atoms with Crippen LogP contribution in [0.3, 0.4) is 0 Å². The fraction of sp³-hybridized carbons (Fsp3) is 0.480. The molecule has 4 rings (SSSR count). The predicted molar refractivity (Wildman–Crippen MR) is 139 cm³/mol. The minimum absolute atomic E-state index is 0.0535. The summed E-state index contributed by atoms with van der Waals surface area (Å²) in [6.45, 7) is 6.68. The van der Waals surface area contributed by atoms with E-state index in [4.69, 9.17) is 21.4 Å². The second kappa shape index (κ2) is 12.5. The number of hydrogen-bond donors (Lipinski definition) is 1. The summed E-state index contributed by atoms with van der Waals surface area (Å²) < 4.78 is 5.42. The highest BCUT2D eigenvalue weighted by molar-refractivity contribution is 7.12. The monoisotopic (exact) mass is 517 g/mol. The van der Waals surface area contributed by atoms with Crippen LogP contribution in [0.2, 0.25) is 5.02 Å². The van der Waals surface area contributed by atoms with Gasteiger partial charge in [0, 0.05) is 44.2 Å². The van der Waals surface area contributed by atoms with Gasteiger partial charge in [-0.05, 0) is 29.5 Å². The average molecular weight is 518 g/mol. The van der Waals surface area contributed by atoms with Crippen molar-refractivity contribution in [1.82, 2.24) is 20.1 Å². The third-order valence-corrected chi connectivity index (χ3v) is 7.43. The van der Waals surface area contributed by atoms with E-state index in [1.807, 2.05) is 48.7 Å². The van der Waals surface area contributed by atoms with Crippen LogP contribution in [0.1, 0.15) is 36.2 Å². The number of hydrazone groups is 1. The fourth-order valence-corrected chi connectivity index (χ4v) is 5.22. The summed E-state index contributed by atoms with van der Waals surface area (Å²) in [6.07, 6.45) is 1.40. The molecular formula is C25H32ClN5O3S. The van der Waals surface area contributed by atoms with Crippen LogP contribution in [0.5, 0.6) is 0 Å². The number of morpholine rings is 1. The maximum absolute atomic E-state index is 13.6. The van der Waals surface area contributed by atoms with Gasteiger partial charge in [-0.25, -0.2) is 9.80 Å². The highest BCUT2D eigenvalue weighted by atomic mass is 35.5. The van der Waals surface area contributed by atoms with E-state index in [0.29, 0.717) is 44.3 Å². The zero-order valence-corrected chi connectivity index (χ0v) is 21.6. The number of carbonyl (C=O) groups is 2. The van der Waals surface area contributed by atoms with Crippen LogP contribution in [-0.2, 0) is 9.53 Å². The Balaban J connectivity index is 1.52. The third-order valence-electron chi connectivity index (χ3n) is 6.17. The lowest BCUT2D eigenvalue weighted by Gasteiger charge is -2.31. The van der Waals surface area contributed by atoms with Crippen LogP contribution in [0, 0.1) is 0 Å². The van der Waals surface area contributed by atoms with Crippen molar-refractivity contribution < 1.29 is 14.3 Å². The molecule has 10 heteroatoms. The zero-order valence-electron chi connectivity index (χ0n) is 20.0. The molecule has 1 unspecified atom stereocenters. The average Bonchev–Trinajstić information content (AvgIpc) is 3.56. The number of ether oxygens (including phenoxy) is 1. The van der Waals surface area contributed by atoms with Crippen molar-refractivity contribution in [2.45, 2.75) is 25.8 Å². The van der Waals surface area contributed by atoms with Crippen LogP contribution >= 0.6 is 22.9 Å². The Hall–Kier alpha value is -2.46. The second-order valence-corrected chi connectivity index (χ2v) is 9.97. The van der Waals surface area contributed by atoms with Gasteiger partial charge in [0.05, 0.1) is 29.8 Å². The van der Waals surface area contributed by atoms with Gasteiger partial charge in [0.25, 0.3) is 5.91 Å². The standard InChI is InChI=1S/C25H32ClN5O3S/c1-2-9-27-25(33)30(11-10-29-12-14-34-15-13-29)18-24(32)31-22(19-6-3-4-7-20(19)26)17-21(28-31)23-8-5-16-35-23/h3-8,16,22H,2,9-15,17-18H2,1H3,(H,27,33). The molecule has 0 saturated carbocycles. The summed E-state index contributed by atoms with van der Waals surface area (Å²) in [5.41, 5.74) is 1.71. The quantitative estimate of drug-likeness (QED) is 0.548. The van der Waals surface area contributed by atoms with Crippen molar-refractivity contribution in [1.29, 1.82) is 0 Å². The summed E-state index contributed by atoms with van der Waals surface area (Å²) in [6, 6.07) is 11.0. The fourth-order valence-electron chi connectivity index (χ4n) is 4.24.